The Hall–Kier alpha value is -1.44. The van der Waals surface area contributed by atoms with E-state index in [2.05, 4.69) is 40.7 Å². The molecule has 46 heavy (non-hydrogen) atoms. The van der Waals surface area contributed by atoms with Crippen molar-refractivity contribution in [1.82, 2.24) is 4.90 Å². The zero-order valence-corrected chi connectivity index (χ0v) is 30.5. The van der Waals surface area contributed by atoms with Crippen molar-refractivity contribution in [2.24, 2.45) is 46.3 Å². The first-order chi connectivity index (χ1) is 22.0. The zero-order chi connectivity index (χ0) is 33.3. The maximum absolute atomic E-state index is 12.0. The molecule has 0 saturated heterocycles. The number of hydrogen-bond donors (Lipinski definition) is 0. The number of carbonyl (C=O) groups is 2. The molecular weight excluding hydrogens is 578 g/mol. The lowest BCUT2D eigenvalue weighted by molar-refractivity contribution is -0.148. The summed E-state index contributed by atoms with van der Waals surface area (Å²) in [6.07, 6.45) is 17.5. The van der Waals surface area contributed by atoms with Gasteiger partial charge < -0.3 is 18.9 Å². The molecular formula is C39H67NO6. The molecule has 0 aromatic carbocycles. The molecule has 8 atom stereocenters. The molecule has 0 amide bonds. The van der Waals surface area contributed by atoms with Crippen LogP contribution in [0.4, 0.5) is 0 Å². The van der Waals surface area contributed by atoms with Crippen LogP contribution in [0, 0.1) is 46.3 Å². The molecule has 7 nitrogen and oxygen atoms in total. The third-order valence-corrected chi connectivity index (χ3v) is 12.7. The van der Waals surface area contributed by atoms with Gasteiger partial charge in [-0.2, -0.15) is 0 Å². The molecule has 4 rings (SSSR count). The molecule has 0 unspecified atom stereocenters. The number of rotatable bonds is 18. The number of esters is 2. The number of nitrogens with zero attached hydrogens (tertiary/aromatic N) is 1. The maximum atomic E-state index is 12.0. The lowest BCUT2D eigenvalue weighted by Gasteiger charge is -2.58. The summed E-state index contributed by atoms with van der Waals surface area (Å²) in [7, 11) is 0. The largest absolute Gasteiger partial charge is 0.465 e. The topological polar surface area (TPSA) is 74.3 Å². The molecule has 0 aliphatic heterocycles. The van der Waals surface area contributed by atoms with Gasteiger partial charge in [0.15, 0.2) is 0 Å². The molecule has 0 N–H and O–H groups in total. The molecule has 0 bridgehead atoms. The lowest BCUT2D eigenvalue weighted by atomic mass is 9.47. The van der Waals surface area contributed by atoms with Gasteiger partial charge in [0.05, 0.1) is 52.2 Å². The van der Waals surface area contributed by atoms with Crippen molar-refractivity contribution < 1.29 is 28.5 Å². The fourth-order valence-corrected chi connectivity index (χ4v) is 10.4. The number of allylic oxidation sites excluding steroid dienone is 1. The minimum Gasteiger partial charge on any atom is -0.465 e. The average molecular weight is 646 g/mol. The van der Waals surface area contributed by atoms with E-state index in [0.717, 1.165) is 48.3 Å². The smallest absolute Gasteiger partial charge is 0.320 e. The average Bonchev–Trinajstić information content (AvgIpc) is 3.36. The Morgan fingerprint density at radius 2 is 1.61 bits per heavy atom. The Kier molecular flexibility index (Phi) is 14.0. The number of ether oxygens (including phenoxy) is 4. The van der Waals surface area contributed by atoms with Gasteiger partial charge in [0, 0.05) is 6.54 Å². The molecule has 3 fully saturated rings. The van der Waals surface area contributed by atoms with Gasteiger partial charge in [0.1, 0.15) is 0 Å². The van der Waals surface area contributed by atoms with Gasteiger partial charge in [-0.25, -0.2) is 0 Å². The van der Waals surface area contributed by atoms with Crippen LogP contribution in [-0.4, -0.2) is 75.6 Å². The summed E-state index contributed by atoms with van der Waals surface area (Å²) in [6, 6.07) is 0. The Morgan fingerprint density at radius 1 is 0.891 bits per heavy atom. The van der Waals surface area contributed by atoms with E-state index < -0.39 is 0 Å². The van der Waals surface area contributed by atoms with E-state index in [1.807, 2.05) is 0 Å². The first-order valence-electron chi connectivity index (χ1n) is 18.9. The number of hydrogen-bond acceptors (Lipinski definition) is 7. The molecule has 7 heteroatoms. The van der Waals surface area contributed by atoms with Crippen LogP contribution in [0.5, 0.6) is 0 Å². The molecule has 0 aromatic rings. The fourth-order valence-electron chi connectivity index (χ4n) is 10.4. The van der Waals surface area contributed by atoms with E-state index in [1.165, 1.54) is 57.8 Å². The number of fused-ring (bicyclic) bond motifs is 5. The standard InChI is InChI=1S/C39H67NO6/c1-8-44-36(41)26-40(27-37(42)45-9-2)21-22-43-23-24-46-31-17-19-38(6)30(25-31)13-14-32-34-16-15-33(29(5)12-10-11-28(3)4)39(34,7)20-18-35(32)38/h13,28-29,31-35H,8-12,14-27H2,1-7H3/t29-,31+,32+,33-,34+,35+,38+,39-/m1/s1. The highest BCUT2D eigenvalue weighted by molar-refractivity contribution is 5.75. The monoisotopic (exact) mass is 645 g/mol. The number of carbonyl (C=O) groups excluding carboxylic acids is 2. The van der Waals surface area contributed by atoms with Crippen molar-refractivity contribution in [3.63, 3.8) is 0 Å². The highest BCUT2D eigenvalue weighted by Gasteiger charge is 2.59. The first-order valence-corrected chi connectivity index (χ1v) is 18.9. The van der Waals surface area contributed by atoms with Crippen LogP contribution >= 0.6 is 0 Å². The van der Waals surface area contributed by atoms with Crippen molar-refractivity contribution >= 4 is 11.9 Å². The minimum atomic E-state index is -0.348. The van der Waals surface area contributed by atoms with E-state index in [4.69, 9.17) is 18.9 Å². The fraction of sp³-hybridized carbons (Fsp3) is 0.897. The van der Waals surface area contributed by atoms with Gasteiger partial charge in [-0.05, 0) is 112 Å². The van der Waals surface area contributed by atoms with Gasteiger partial charge in [-0.1, -0.05) is 65.5 Å². The third kappa shape index (κ3) is 9.16. The minimum absolute atomic E-state index is 0.0441. The van der Waals surface area contributed by atoms with Crippen LogP contribution in [0.3, 0.4) is 0 Å². The zero-order valence-electron chi connectivity index (χ0n) is 30.5. The van der Waals surface area contributed by atoms with E-state index in [-0.39, 0.29) is 31.1 Å². The molecule has 4 aliphatic carbocycles. The highest BCUT2D eigenvalue weighted by atomic mass is 16.5. The van der Waals surface area contributed by atoms with Crippen LogP contribution in [-0.2, 0) is 28.5 Å². The summed E-state index contributed by atoms with van der Waals surface area (Å²) in [5.74, 6) is 4.49. The summed E-state index contributed by atoms with van der Waals surface area (Å²) in [5, 5.41) is 0. The lowest BCUT2D eigenvalue weighted by Crippen LogP contribution is -2.51. The summed E-state index contributed by atoms with van der Waals surface area (Å²) in [6.45, 7) is 18.8. The molecule has 0 radical (unpaired) electrons. The SMILES string of the molecule is CCOC(=O)CN(CCOCCO[C@H]1CC[C@@]2(C)C(=CC[C@H]3[C@@H]4CC[C@H]([C@H](C)CCCC(C)C)[C@@]4(C)CC[C@@H]32)C1)CC(=O)OCC. The van der Waals surface area contributed by atoms with Crippen molar-refractivity contribution in [3.05, 3.63) is 11.6 Å². The summed E-state index contributed by atoms with van der Waals surface area (Å²) >= 11 is 0. The predicted octanol–water partition coefficient (Wildman–Crippen LogP) is 7.86. The van der Waals surface area contributed by atoms with Crippen molar-refractivity contribution in [2.45, 2.75) is 125 Å². The van der Waals surface area contributed by atoms with E-state index in [9.17, 15) is 9.59 Å². The highest BCUT2D eigenvalue weighted by Crippen LogP contribution is 2.67. The summed E-state index contributed by atoms with van der Waals surface area (Å²) < 4.78 is 22.3. The Bertz CT molecular complexity index is 992. The molecule has 0 aromatic heterocycles. The Morgan fingerprint density at radius 3 is 2.28 bits per heavy atom. The van der Waals surface area contributed by atoms with Crippen LogP contribution < -0.4 is 0 Å². The van der Waals surface area contributed by atoms with Gasteiger partial charge in [-0.15, -0.1) is 0 Å². The van der Waals surface area contributed by atoms with Gasteiger partial charge in [0.2, 0.25) is 0 Å². The molecule has 4 aliphatic rings. The molecule has 0 heterocycles. The van der Waals surface area contributed by atoms with Gasteiger partial charge >= 0.3 is 11.9 Å². The molecule has 3 saturated carbocycles. The van der Waals surface area contributed by atoms with Crippen LogP contribution in [0.2, 0.25) is 0 Å². The normalized spacial score (nSPS) is 32.8. The van der Waals surface area contributed by atoms with Gasteiger partial charge in [0.25, 0.3) is 0 Å². The molecule has 264 valence electrons. The second-order valence-corrected chi connectivity index (χ2v) is 16.0. The first kappa shape index (κ1) is 37.4. The third-order valence-electron chi connectivity index (χ3n) is 12.7. The van der Waals surface area contributed by atoms with Crippen LogP contribution in [0.15, 0.2) is 11.6 Å². The van der Waals surface area contributed by atoms with Crippen molar-refractivity contribution in [1.29, 1.82) is 0 Å². The molecule has 0 spiro atoms. The van der Waals surface area contributed by atoms with Crippen LogP contribution in [0.1, 0.15) is 119 Å². The Balaban J connectivity index is 1.22. The predicted molar refractivity (Wildman–Crippen MR) is 183 cm³/mol. The van der Waals surface area contributed by atoms with Crippen molar-refractivity contribution in [2.75, 3.05) is 52.7 Å². The van der Waals surface area contributed by atoms with E-state index >= 15 is 0 Å². The van der Waals surface area contributed by atoms with Crippen LogP contribution in [0.25, 0.3) is 0 Å². The van der Waals surface area contributed by atoms with Crippen molar-refractivity contribution in [3.8, 4) is 0 Å². The second-order valence-electron chi connectivity index (χ2n) is 16.0. The summed E-state index contributed by atoms with van der Waals surface area (Å²) in [5.41, 5.74) is 2.54. The summed E-state index contributed by atoms with van der Waals surface area (Å²) in [4.78, 5) is 25.7. The Labute approximate surface area is 280 Å². The van der Waals surface area contributed by atoms with E-state index in [0.29, 0.717) is 50.4 Å². The quantitative estimate of drug-likeness (QED) is 0.0854. The second kappa shape index (κ2) is 17.3. The maximum Gasteiger partial charge on any atom is 0.320 e. The van der Waals surface area contributed by atoms with E-state index in [1.54, 1.807) is 24.3 Å². The van der Waals surface area contributed by atoms with Gasteiger partial charge in [-0.3, -0.25) is 14.5 Å².